The van der Waals surface area contributed by atoms with Gasteiger partial charge in [0, 0.05) is 0 Å². The predicted molar refractivity (Wildman–Crippen MR) is 50.8 cm³/mol. The Hall–Kier alpha value is -1.69. The van der Waals surface area contributed by atoms with Gasteiger partial charge in [0.2, 0.25) is 0 Å². The maximum absolute atomic E-state index is 11.2. The molecule has 0 aromatic carbocycles. The van der Waals surface area contributed by atoms with Gasteiger partial charge < -0.3 is 5.73 Å². The van der Waals surface area contributed by atoms with Gasteiger partial charge in [-0.05, 0) is 26.0 Å². The largest absolute Gasteiger partial charge is 0.364 e. The second-order valence-corrected chi connectivity index (χ2v) is 3.74. The minimum Gasteiger partial charge on any atom is -0.321 e. The van der Waals surface area contributed by atoms with Gasteiger partial charge in [-0.25, -0.2) is 9.89 Å². The smallest absolute Gasteiger partial charge is 0.321 e. The van der Waals surface area contributed by atoms with Crippen LogP contribution in [-0.2, 0) is 5.54 Å². The number of aromatic amines is 1. The van der Waals surface area contributed by atoms with E-state index < -0.39 is 5.54 Å². The van der Waals surface area contributed by atoms with Crippen molar-refractivity contribution in [3.05, 3.63) is 28.3 Å². The third kappa shape index (κ3) is 1.29. The molecule has 0 saturated carbocycles. The molecule has 2 aromatic heterocycles. The van der Waals surface area contributed by atoms with Crippen LogP contribution in [0.2, 0.25) is 0 Å². The minimum absolute atomic E-state index is 0.355. The van der Waals surface area contributed by atoms with Crippen molar-refractivity contribution < 1.29 is 0 Å². The maximum Gasteiger partial charge on any atom is 0.364 e. The van der Waals surface area contributed by atoms with Crippen LogP contribution >= 0.6 is 0 Å². The normalized spacial score (nSPS) is 12.2. The van der Waals surface area contributed by atoms with Gasteiger partial charge in [-0.15, -0.1) is 0 Å². The third-order valence-corrected chi connectivity index (χ3v) is 1.93. The molecule has 2 rings (SSSR count). The lowest BCUT2D eigenvalue weighted by molar-refractivity contribution is 0.521. The van der Waals surface area contributed by atoms with Crippen LogP contribution in [0, 0.1) is 0 Å². The summed E-state index contributed by atoms with van der Waals surface area (Å²) in [6.45, 7) is 3.65. The van der Waals surface area contributed by atoms with Crippen molar-refractivity contribution in [3.63, 3.8) is 0 Å². The first-order valence-corrected chi connectivity index (χ1v) is 4.22. The van der Waals surface area contributed by atoms with E-state index in [-0.39, 0.29) is 5.69 Å². The second kappa shape index (κ2) is 2.65. The summed E-state index contributed by atoms with van der Waals surface area (Å²) in [6.07, 6.45) is 0. The molecule has 14 heavy (non-hydrogen) atoms. The van der Waals surface area contributed by atoms with Crippen LogP contribution in [0.4, 0.5) is 0 Å². The molecule has 0 bridgehead atoms. The van der Waals surface area contributed by atoms with Crippen LogP contribution in [-0.4, -0.2) is 19.8 Å². The number of hydrogen-bond donors (Lipinski definition) is 2. The van der Waals surface area contributed by atoms with Crippen molar-refractivity contribution in [1.29, 1.82) is 0 Å². The zero-order chi connectivity index (χ0) is 10.3. The van der Waals surface area contributed by atoms with Crippen molar-refractivity contribution in [1.82, 2.24) is 19.8 Å². The van der Waals surface area contributed by atoms with Gasteiger partial charge in [-0.3, -0.25) is 0 Å². The Morgan fingerprint density at radius 1 is 1.50 bits per heavy atom. The highest BCUT2D eigenvalue weighted by atomic mass is 16.2. The molecule has 0 aliphatic rings. The molecular weight excluding hydrogens is 182 g/mol. The molecule has 6 nitrogen and oxygen atoms in total. The summed E-state index contributed by atoms with van der Waals surface area (Å²) in [5.74, 6) is 0. The van der Waals surface area contributed by atoms with Crippen LogP contribution in [0.5, 0.6) is 0 Å². The fourth-order valence-corrected chi connectivity index (χ4v) is 1.15. The highest BCUT2D eigenvalue weighted by molar-refractivity contribution is 5.35. The molecule has 0 spiro atoms. The monoisotopic (exact) mass is 193 g/mol. The van der Waals surface area contributed by atoms with E-state index in [1.54, 1.807) is 12.1 Å². The second-order valence-electron chi connectivity index (χ2n) is 3.74. The fourth-order valence-electron chi connectivity index (χ4n) is 1.15. The van der Waals surface area contributed by atoms with Crippen LogP contribution < -0.4 is 11.4 Å². The van der Waals surface area contributed by atoms with Gasteiger partial charge in [-0.1, -0.05) is 0 Å². The molecule has 2 aromatic rings. The Morgan fingerprint density at radius 2 is 2.21 bits per heavy atom. The quantitative estimate of drug-likeness (QED) is 0.645. The Labute approximate surface area is 79.7 Å². The molecule has 3 N–H and O–H groups in total. The zero-order valence-electron chi connectivity index (χ0n) is 7.98. The van der Waals surface area contributed by atoms with E-state index >= 15 is 0 Å². The Kier molecular flexibility index (Phi) is 1.68. The molecule has 0 fully saturated rings. The summed E-state index contributed by atoms with van der Waals surface area (Å²) in [6, 6.07) is 3.46. The van der Waals surface area contributed by atoms with Crippen LogP contribution in [0.25, 0.3) is 5.65 Å². The molecule has 0 aliphatic carbocycles. The van der Waals surface area contributed by atoms with Gasteiger partial charge >= 0.3 is 5.69 Å². The topological polar surface area (TPSA) is 89.1 Å². The lowest BCUT2D eigenvalue weighted by Gasteiger charge is -2.16. The first-order valence-electron chi connectivity index (χ1n) is 4.22. The number of aromatic nitrogens is 4. The average Bonchev–Trinajstić information content (AvgIpc) is 2.46. The lowest BCUT2D eigenvalue weighted by atomic mass is 10.0. The van der Waals surface area contributed by atoms with Gasteiger partial charge in [-0.2, -0.15) is 14.7 Å². The number of H-pyrrole nitrogens is 1. The number of fused-ring (bicyclic) bond motifs is 1. The SMILES string of the molecule is CC(C)(N)c1ccc2n[nH]c(=O)n2n1. The molecular formula is C8H11N5O. The summed E-state index contributed by atoms with van der Waals surface area (Å²) in [7, 11) is 0. The molecule has 74 valence electrons. The molecule has 0 atom stereocenters. The Bertz CT molecular complexity index is 518. The van der Waals surface area contributed by atoms with E-state index in [1.165, 1.54) is 4.52 Å². The summed E-state index contributed by atoms with van der Waals surface area (Å²) in [5, 5.41) is 10.2. The number of rotatable bonds is 1. The predicted octanol–water partition coefficient (Wildman–Crippen LogP) is -0.389. The number of nitrogens with zero attached hydrogens (tertiary/aromatic N) is 3. The number of nitrogens with two attached hydrogens (primary N) is 1. The van der Waals surface area contributed by atoms with E-state index in [0.29, 0.717) is 11.3 Å². The fraction of sp³-hybridized carbons (Fsp3) is 0.375. The molecule has 0 amide bonds. The summed E-state index contributed by atoms with van der Waals surface area (Å²) in [4.78, 5) is 11.2. The van der Waals surface area contributed by atoms with Gasteiger partial charge in [0.15, 0.2) is 5.65 Å². The molecule has 6 heteroatoms. The van der Waals surface area contributed by atoms with E-state index in [0.717, 1.165) is 0 Å². The van der Waals surface area contributed by atoms with Crippen molar-refractivity contribution in [2.45, 2.75) is 19.4 Å². The summed E-state index contributed by atoms with van der Waals surface area (Å²) in [5.41, 5.74) is 6.07. The van der Waals surface area contributed by atoms with E-state index in [2.05, 4.69) is 15.3 Å². The van der Waals surface area contributed by atoms with Crippen molar-refractivity contribution in [3.8, 4) is 0 Å². The maximum atomic E-state index is 11.2. The molecule has 0 radical (unpaired) electrons. The first kappa shape index (κ1) is 8.89. The van der Waals surface area contributed by atoms with Crippen molar-refractivity contribution in [2.75, 3.05) is 0 Å². The Balaban J connectivity index is 2.72. The summed E-state index contributed by atoms with van der Waals surface area (Å²) < 4.78 is 1.20. The van der Waals surface area contributed by atoms with Crippen LogP contribution in [0.15, 0.2) is 16.9 Å². The van der Waals surface area contributed by atoms with Crippen LogP contribution in [0.3, 0.4) is 0 Å². The number of hydrogen-bond acceptors (Lipinski definition) is 4. The van der Waals surface area contributed by atoms with Gasteiger partial charge in [0.1, 0.15) is 0 Å². The highest BCUT2D eigenvalue weighted by Crippen LogP contribution is 2.12. The Morgan fingerprint density at radius 3 is 2.86 bits per heavy atom. The molecule has 0 aliphatic heterocycles. The van der Waals surface area contributed by atoms with E-state index in [1.807, 2.05) is 13.8 Å². The first-order chi connectivity index (χ1) is 6.48. The summed E-state index contributed by atoms with van der Waals surface area (Å²) >= 11 is 0. The lowest BCUT2D eigenvalue weighted by Crippen LogP contribution is -2.31. The molecule has 0 unspecified atom stereocenters. The van der Waals surface area contributed by atoms with Crippen molar-refractivity contribution >= 4 is 5.65 Å². The average molecular weight is 193 g/mol. The highest BCUT2D eigenvalue weighted by Gasteiger charge is 2.17. The zero-order valence-corrected chi connectivity index (χ0v) is 7.98. The number of nitrogens with one attached hydrogen (secondary N) is 1. The van der Waals surface area contributed by atoms with Crippen molar-refractivity contribution in [2.24, 2.45) is 5.73 Å². The van der Waals surface area contributed by atoms with Crippen LogP contribution in [0.1, 0.15) is 19.5 Å². The van der Waals surface area contributed by atoms with Gasteiger partial charge in [0.25, 0.3) is 0 Å². The minimum atomic E-state index is -0.565. The van der Waals surface area contributed by atoms with E-state index in [4.69, 9.17) is 5.73 Å². The molecule has 2 heterocycles. The standard InChI is InChI=1S/C8H11N5O/c1-8(2,9)5-3-4-6-10-11-7(14)13(6)12-5/h3-4H,9H2,1-2H3,(H,11,14). The van der Waals surface area contributed by atoms with E-state index in [9.17, 15) is 4.79 Å². The molecule has 0 saturated heterocycles. The van der Waals surface area contributed by atoms with Gasteiger partial charge in [0.05, 0.1) is 11.2 Å². The third-order valence-electron chi connectivity index (χ3n) is 1.93.